The van der Waals surface area contributed by atoms with Crippen LogP contribution >= 0.6 is 11.3 Å². The molecule has 1 amide bonds. The quantitative estimate of drug-likeness (QED) is 0.915. The molecule has 1 fully saturated rings. The lowest BCUT2D eigenvalue weighted by Crippen LogP contribution is -2.52. The predicted octanol–water partition coefficient (Wildman–Crippen LogP) is 2.99. The number of aromatic nitrogens is 1. The van der Waals surface area contributed by atoms with Gasteiger partial charge in [-0.05, 0) is 56.8 Å². The van der Waals surface area contributed by atoms with Crippen LogP contribution in [0, 0.1) is 6.92 Å². The molecule has 0 spiro atoms. The van der Waals surface area contributed by atoms with Crippen LogP contribution in [0.4, 0.5) is 0 Å². The zero-order chi connectivity index (χ0) is 15.5. The number of thiophene rings is 1. The van der Waals surface area contributed by atoms with E-state index in [-0.39, 0.29) is 11.9 Å². The van der Waals surface area contributed by atoms with Gasteiger partial charge in [-0.3, -0.25) is 9.78 Å². The van der Waals surface area contributed by atoms with Crippen molar-refractivity contribution in [1.82, 2.24) is 15.6 Å². The molecule has 0 aliphatic carbocycles. The molecule has 0 bridgehead atoms. The second-order valence-electron chi connectivity index (χ2n) is 5.81. The lowest BCUT2D eigenvalue weighted by atomic mass is 9.99. The Bertz CT molecular complexity index is 654. The molecule has 2 aromatic rings. The first-order valence-electron chi connectivity index (χ1n) is 7.69. The van der Waals surface area contributed by atoms with E-state index in [2.05, 4.69) is 27.9 Å². The Hall–Kier alpha value is -1.72. The average Bonchev–Trinajstić information content (AvgIpc) is 3.03. The highest BCUT2D eigenvalue weighted by Gasteiger charge is 2.23. The van der Waals surface area contributed by atoms with Crippen LogP contribution in [-0.4, -0.2) is 29.5 Å². The fraction of sp³-hybridized carbons (Fsp3) is 0.412. The molecule has 5 heteroatoms. The first-order chi connectivity index (χ1) is 10.6. The van der Waals surface area contributed by atoms with Crippen LogP contribution in [0.15, 0.2) is 29.0 Å². The van der Waals surface area contributed by atoms with Crippen LogP contribution in [0.5, 0.6) is 0 Å². The maximum Gasteiger partial charge on any atom is 0.253 e. The standard InChI is InChI=1S/C17H21N3OS/c1-11-14(5-6-16(19-11)13-7-9-22-10-13)17(21)20-15-4-3-8-18-12(15)2/h5-7,9-10,12,15,18H,3-4,8H2,1-2H3,(H,20,21). The molecule has 22 heavy (non-hydrogen) atoms. The van der Waals surface area contributed by atoms with E-state index in [1.807, 2.05) is 30.5 Å². The van der Waals surface area contributed by atoms with Gasteiger partial charge in [0.05, 0.1) is 17.0 Å². The average molecular weight is 315 g/mol. The van der Waals surface area contributed by atoms with Crippen molar-refractivity contribution >= 4 is 17.2 Å². The van der Waals surface area contributed by atoms with Crippen molar-refractivity contribution in [2.75, 3.05) is 6.54 Å². The van der Waals surface area contributed by atoms with Crippen LogP contribution < -0.4 is 10.6 Å². The van der Waals surface area contributed by atoms with E-state index in [4.69, 9.17) is 0 Å². The fourth-order valence-corrected chi connectivity index (χ4v) is 3.51. The van der Waals surface area contributed by atoms with Gasteiger partial charge in [0, 0.05) is 23.0 Å². The molecule has 0 saturated carbocycles. The summed E-state index contributed by atoms with van der Waals surface area (Å²) in [5.74, 6) is -0.0255. The van der Waals surface area contributed by atoms with Crippen LogP contribution in [0.1, 0.15) is 35.8 Å². The van der Waals surface area contributed by atoms with E-state index in [1.54, 1.807) is 11.3 Å². The molecule has 4 nitrogen and oxygen atoms in total. The normalized spacial score (nSPS) is 21.5. The number of aryl methyl sites for hydroxylation is 1. The number of nitrogens with zero attached hydrogens (tertiary/aromatic N) is 1. The SMILES string of the molecule is Cc1nc(-c2ccsc2)ccc1C(=O)NC1CCCNC1C. The molecule has 1 aliphatic rings. The van der Waals surface area contributed by atoms with Gasteiger partial charge < -0.3 is 10.6 Å². The largest absolute Gasteiger partial charge is 0.348 e. The van der Waals surface area contributed by atoms with E-state index in [0.717, 1.165) is 36.3 Å². The predicted molar refractivity (Wildman–Crippen MR) is 90.2 cm³/mol. The second-order valence-corrected chi connectivity index (χ2v) is 6.59. The number of rotatable bonds is 3. The van der Waals surface area contributed by atoms with Crippen molar-refractivity contribution in [3.63, 3.8) is 0 Å². The fourth-order valence-electron chi connectivity index (χ4n) is 2.86. The van der Waals surface area contributed by atoms with Gasteiger partial charge in [-0.15, -0.1) is 0 Å². The number of hydrogen-bond donors (Lipinski definition) is 2. The minimum absolute atomic E-state index is 0.0255. The lowest BCUT2D eigenvalue weighted by molar-refractivity contribution is 0.0919. The monoisotopic (exact) mass is 315 g/mol. The Labute approximate surface area is 135 Å². The highest BCUT2D eigenvalue weighted by atomic mass is 32.1. The second kappa shape index (κ2) is 6.58. The third kappa shape index (κ3) is 3.20. The van der Waals surface area contributed by atoms with Gasteiger partial charge in [0.2, 0.25) is 0 Å². The first kappa shape index (κ1) is 15.2. The van der Waals surface area contributed by atoms with Gasteiger partial charge in [0.15, 0.2) is 0 Å². The van der Waals surface area contributed by atoms with Gasteiger partial charge in [-0.25, -0.2) is 0 Å². The molecule has 0 aromatic carbocycles. The van der Waals surface area contributed by atoms with E-state index in [9.17, 15) is 4.79 Å². The summed E-state index contributed by atoms with van der Waals surface area (Å²) in [6.45, 7) is 5.05. The zero-order valence-corrected chi connectivity index (χ0v) is 13.7. The lowest BCUT2D eigenvalue weighted by Gasteiger charge is -2.30. The summed E-state index contributed by atoms with van der Waals surface area (Å²) in [7, 11) is 0. The van der Waals surface area contributed by atoms with Crippen LogP contribution in [0.25, 0.3) is 11.3 Å². The van der Waals surface area contributed by atoms with Gasteiger partial charge >= 0.3 is 0 Å². The maximum absolute atomic E-state index is 12.5. The number of carbonyl (C=O) groups is 1. The van der Waals surface area contributed by atoms with Crippen molar-refractivity contribution in [3.8, 4) is 11.3 Å². The minimum atomic E-state index is -0.0255. The Morgan fingerprint density at radius 3 is 2.95 bits per heavy atom. The number of hydrogen-bond acceptors (Lipinski definition) is 4. The summed E-state index contributed by atoms with van der Waals surface area (Å²) >= 11 is 1.65. The van der Waals surface area contributed by atoms with Crippen LogP contribution in [-0.2, 0) is 0 Å². The maximum atomic E-state index is 12.5. The molecule has 2 unspecified atom stereocenters. The summed E-state index contributed by atoms with van der Waals surface area (Å²) in [5, 5.41) is 10.6. The van der Waals surface area contributed by atoms with E-state index in [1.165, 1.54) is 0 Å². The molecule has 1 saturated heterocycles. The number of piperidine rings is 1. The zero-order valence-electron chi connectivity index (χ0n) is 12.9. The third-order valence-electron chi connectivity index (χ3n) is 4.23. The molecule has 2 N–H and O–H groups in total. The number of nitrogens with one attached hydrogen (secondary N) is 2. The van der Waals surface area contributed by atoms with Crippen molar-refractivity contribution in [2.24, 2.45) is 0 Å². The van der Waals surface area contributed by atoms with Gasteiger partial charge in [-0.1, -0.05) is 0 Å². The van der Waals surface area contributed by atoms with Gasteiger partial charge in [0.25, 0.3) is 5.91 Å². The minimum Gasteiger partial charge on any atom is -0.348 e. The molecule has 0 radical (unpaired) electrons. The highest BCUT2D eigenvalue weighted by Crippen LogP contribution is 2.21. The molecule has 3 heterocycles. The highest BCUT2D eigenvalue weighted by molar-refractivity contribution is 7.08. The molecule has 1 aliphatic heterocycles. The molecular weight excluding hydrogens is 294 g/mol. The number of pyridine rings is 1. The summed E-state index contributed by atoms with van der Waals surface area (Å²) in [4.78, 5) is 17.1. The van der Waals surface area contributed by atoms with Crippen molar-refractivity contribution < 1.29 is 4.79 Å². The van der Waals surface area contributed by atoms with E-state index in [0.29, 0.717) is 11.6 Å². The first-order valence-corrected chi connectivity index (χ1v) is 8.64. The third-order valence-corrected chi connectivity index (χ3v) is 4.91. The number of amides is 1. The van der Waals surface area contributed by atoms with Crippen molar-refractivity contribution in [2.45, 2.75) is 38.8 Å². The summed E-state index contributed by atoms with van der Waals surface area (Å²) in [5.41, 5.74) is 3.46. The Morgan fingerprint density at radius 2 is 2.27 bits per heavy atom. The van der Waals surface area contributed by atoms with E-state index >= 15 is 0 Å². The summed E-state index contributed by atoms with van der Waals surface area (Å²) in [6, 6.07) is 6.35. The summed E-state index contributed by atoms with van der Waals surface area (Å²) in [6.07, 6.45) is 2.13. The Morgan fingerprint density at radius 1 is 1.41 bits per heavy atom. The van der Waals surface area contributed by atoms with E-state index < -0.39 is 0 Å². The molecule has 116 valence electrons. The smallest absolute Gasteiger partial charge is 0.253 e. The number of carbonyl (C=O) groups excluding carboxylic acids is 1. The Balaban J connectivity index is 1.75. The summed E-state index contributed by atoms with van der Waals surface area (Å²) < 4.78 is 0. The molecular formula is C17H21N3OS. The van der Waals surface area contributed by atoms with Crippen LogP contribution in [0.2, 0.25) is 0 Å². The topological polar surface area (TPSA) is 54.0 Å². The van der Waals surface area contributed by atoms with Gasteiger partial charge in [-0.2, -0.15) is 11.3 Å². The van der Waals surface area contributed by atoms with Gasteiger partial charge in [0.1, 0.15) is 0 Å². The van der Waals surface area contributed by atoms with Crippen LogP contribution in [0.3, 0.4) is 0 Å². The molecule has 3 rings (SSSR count). The molecule has 2 atom stereocenters. The van der Waals surface area contributed by atoms with Crippen molar-refractivity contribution in [3.05, 3.63) is 40.2 Å². The Kier molecular flexibility index (Phi) is 4.55. The molecule has 2 aromatic heterocycles. The van der Waals surface area contributed by atoms with Crippen molar-refractivity contribution in [1.29, 1.82) is 0 Å².